The predicted molar refractivity (Wildman–Crippen MR) is 79.8 cm³/mol. The Morgan fingerprint density at radius 2 is 2.28 bits per heavy atom. The zero-order valence-electron chi connectivity index (χ0n) is 9.41. The number of nitrogens with zero attached hydrogens (tertiary/aromatic N) is 1. The quantitative estimate of drug-likeness (QED) is 0.595. The summed E-state index contributed by atoms with van der Waals surface area (Å²) in [4.78, 5) is 15.8. The molecule has 0 aliphatic heterocycles. The van der Waals surface area contributed by atoms with E-state index in [4.69, 9.17) is 4.74 Å². The fourth-order valence-corrected chi connectivity index (χ4v) is 2.59. The molecule has 6 heteroatoms. The Hall–Kier alpha value is -0.890. The first kappa shape index (κ1) is 13.5. The van der Waals surface area contributed by atoms with Gasteiger partial charge in [-0.2, -0.15) is 0 Å². The molecule has 2 rings (SSSR count). The first-order valence-corrected chi connectivity index (χ1v) is 7.06. The average molecular weight is 422 g/mol. The lowest BCUT2D eigenvalue weighted by molar-refractivity contribution is 0.0516. The van der Waals surface area contributed by atoms with E-state index < -0.39 is 5.97 Å². The molecule has 0 fully saturated rings. The maximum Gasteiger partial charge on any atom is 0.360 e. The molecule has 1 N–H and O–H groups in total. The Kier molecular flexibility index (Phi) is 4.06. The van der Waals surface area contributed by atoms with Crippen molar-refractivity contribution in [1.29, 1.82) is 0 Å². The number of carbonyl (C=O) groups is 1. The van der Waals surface area contributed by atoms with Gasteiger partial charge in [-0.05, 0) is 41.6 Å². The third kappa shape index (κ3) is 2.44. The number of rotatable bonds is 2. The second-order valence-corrected chi connectivity index (χ2v) is 5.50. The van der Waals surface area contributed by atoms with Crippen molar-refractivity contribution in [2.75, 3.05) is 6.61 Å². The molecule has 4 nitrogen and oxygen atoms in total. The number of fused-ring (bicyclic) bond motifs is 1. The molecule has 0 spiro atoms. The van der Waals surface area contributed by atoms with Crippen LogP contribution < -0.4 is 0 Å². The lowest BCUT2D eigenvalue weighted by Crippen LogP contribution is -2.08. The molecule has 1 aromatic carbocycles. The van der Waals surface area contributed by atoms with Crippen LogP contribution in [-0.4, -0.2) is 22.7 Å². The summed E-state index contributed by atoms with van der Waals surface area (Å²) >= 11 is 5.34. The van der Waals surface area contributed by atoms with Gasteiger partial charge in [0.05, 0.1) is 15.7 Å². The van der Waals surface area contributed by atoms with Gasteiger partial charge in [0.25, 0.3) is 0 Å². The predicted octanol–water partition coefficient (Wildman–Crippen LogP) is 3.48. The van der Waals surface area contributed by atoms with Gasteiger partial charge in [-0.3, -0.25) is 0 Å². The number of aromatic hydroxyl groups is 1. The molecule has 0 unspecified atom stereocenters. The Labute approximate surface area is 126 Å². The van der Waals surface area contributed by atoms with Crippen molar-refractivity contribution < 1.29 is 14.6 Å². The van der Waals surface area contributed by atoms with Crippen LogP contribution in [0.3, 0.4) is 0 Å². The molecule has 0 bridgehead atoms. The van der Waals surface area contributed by atoms with E-state index in [-0.39, 0.29) is 18.1 Å². The van der Waals surface area contributed by atoms with Gasteiger partial charge in [0.15, 0.2) is 11.4 Å². The molecule has 1 heterocycles. The second-order valence-electron chi connectivity index (χ2n) is 3.50. The third-order valence-corrected chi connectivity index (χ3v) is 3.91. The van der Waals surface area contributed by atoms with E-state index in [1.807, 2.05) is 34.7 Å². The maximum atomic E-state index is 11.7. The lowest BCUT2D eigenvalue weighted by atomic mass is 10.2. The van der Waals surface area contributed by atoms with Crippen molar-refractivity contribution in [2.24, 2.45) is 0 Å². The Morgan fingerprint density at radius 1 is 1.56 bits per heavy atom. The minimum absolute atomic E-state index is 0.0492. The molecule has 0 saturated heterocycles. The van der Waals surface area contributed by atoms with E-state index in [2.05, 4.69) is 20.9 Å². The summed E-state index contributed by atoms with van der Waals surface area (Å²) in [5, 5.41) is 10.8. The van der Waals surface area contributed by atoms with Gasteiger partial charge in [-0.1, -0.05) is 22.0 Å². The summed E-state index contributed by atoms with van der Waals surface area (Å²) in [5.41, 5.74) is 0.585. The summed E-state index contributed by atoms with van der Waals surface area (Å²) in [6.45, 7) is 1.95. The van der Waals surface area contributed by atoms with Gasteiger partial charge in [-0.25, -0.2) is 9.78 Å². The summed E-state index contributed by atoms with van der Waals surface area (Å²) < 4.78 is 6.32. The molecule has 2 aromatic rings. The van der Waals surface area contributed by atoms with Crippen LogP contribution in [0.5, 0.6) is 5.75 Å². The average Bonchev–Trinajstić information content (AvgIpc) is 2.33. The highest BCUT2D eigenvalue weighted by molar-refractivity contribution is 14.1. The molecule has 1 aromatic heterocycles. The fourth-order valence-electron chi connectivity index (χ4n) is 1.53. The molecular weight excluding hydrogens is 413 g/mol. The minimum atomic E-state index is -0.616. The van der Waals surface area contributed by atoms with Crippen LogP contribution in [0, 0.1) is 3.57 Å². The van der Waals surface area contributed by atoms with Crippen LogP contribution in [0.25, 0.3) is 10.9 Å². The first-order chi connectivity index (χ1) is 8.54. The van der Waals surface area contributed by atoms with Crippen LogP contribution in [0.15, 0.2) is 22.7 Å². The van der Waals surface area contributed by atoms with Gasteiger partial charge < -0.3 is 9.84 Å². The number of ether oxygens (including phenoxy) is 1. The van der Waals surface area contributed by atoms with Gasteiger partial charge in [0, 0.05) is 9.86 Å². The number of pyridine rings is 1. The topological polar surface area (TPSA) is 59.4 Å². The molecule has 0 aliphatic carbocycles. The van der Waals surface area contributed by atoms with Crippen LogP contribution in [0.2, 0.25) is 0 Å². The van der Waals surface area contributed by atoms with E-state index in [9.17, 15) is 9.90 Å². The first-order valence-electron chi connectivity index (χ1n) is 5.19. The van der Waals surface area contributed by atoms with Crippen LogP contribution in [-0.2, 0) is 4.74 Å². The Balaban J connectivity index is 2.68. The van der Waals surface area contributed by atoms with Crippen molar-refractivity contribution in [2.45, 2.75) is 6.92 Å². The number of carbonyl (C=O) groups excluding carboxylic acids is 1. The summed E-state index contributed by atoms with van der Waals surface area (Å²) in [7, 11) is 0. The highest BCUT2D eigenvalue weighted by Crippen LogP contribution is 2.31. The van der Waals surface area contributed by atoms with Gasteiger partial charge in [0.1, 0.15) is 0 Å². The second kappa shape index (κ2) is 5.40. The molecule has 18 heavy (non-hydrogen) atoms. The van der Waals surface area contributed by atoms with Gasteiger partial charge in [-0.15, -0.1) is 0 Å². The minimum Gasteiger partial charge on any atom is -0.504 e. The number of benzene rings is 1. The monoisotopic (exact) mass is 421 g/mol. The van der Waals surface area contributed by atoms with Crippen molar-refractivity contribution >= 4 is 55.4 Å². The Bertz CT molecular complexity index is 630. The molecule has 94 valence electrons. The normalized spacial score (nSPS) is 10.6. The number of hydrogen-bond acceptors (Lipinski definition) is 4. The molecule has 0 aliphatic rings. The molecule has 0 saturated carbocycles. The van der Waals surface area contributed by atoms with E-state index in [0.717, 1.165) is 9.86 Å². The Morgan fingerprint density at radius 3 is 2.94 bits per heavy atom. The van der Waals surface area contributed by atoms with E-state index in [1.54, 1.807) is 13.0 Å². The SMILES string of the molecule is CCOC(=O)c1nc2cc(Br)ccc2c(I)c1O. The third-order valence-electron chi connectivity index (χ3n) is 2.33. The number of aromatic nitrogens is 1. The summed E-state index contributed by atoms with van der Waals surface area (Å²) in [6.07, 6.45) is 0. The maximum absolute atomic E-state index is 11.7. The van der Waals surface area contributed by atoms with Gasteiger partial charge >= 0.3 is 5.97 Å². The zero-order valence-corrected chi connectivity index (χ0v) is 13.1. The largest absolute Gasteiger partial charge is 0.504 e. The molecular formula is C12H9BrINO3. The van der Waals surface area contributed by atoms with E-state index in [0.29, 0.717) is 9.09 Å². The fraction of sp³-hybridized carbons (Fsp3) is 0.167. The zero-order chi connectivity index (χ0) is 13.3. The lowest BCUT2D eigenvalue weighted by Gasteiger charge is -2.08. The van der Waals surface area contributed by atoms with Crippen LogP contribution in [0.1, 0.15) is 17.4 Å². The summed E-state index contributed by atoms with van der Waals surface area (Å²) in [5.74, 6) is -0.751. The van der Waals surface area contributed by atoms with Crippen LogP contribution >= 0.6 is 38.5 Å². The van der Waals surface area contributed by atoms with Crippen molar-refractivity contribution in [1.82, 2.24) is 4.98 Å². The molecule has 0 amide bonds. The van der Waals surface area contributed by atoms with Crippen molar-refractivity contribution in [3.8, 4) is 5.75 Å². The summed E-state index contributed by atoms with van der Waals surface area (Å²) in [6, 6.07) is 5.48. The molecule has 0 radical (unpaired) electrons. The van der Waals surface area contributed by atoms with Gasteiger partial charge in [0.2, 0.25) is 0 Å². The highest BCUT2D eigenvalue weighted by Gasteiger charge is 2.19. The smallest absolute Gasteiger partial charge is 0.360 e. The number of hydrogen-bond donors (Lipinski definition) is 1. The number of esters is 1. The standard InChI is InChI=1S/C12H9BrINO3/c1-2-18-12(17)10-11(16)9(14)7-4-3-6(13)5-8(7)15-10/h3-5,16H,2H2,1H3. The van der Waals surface area contributed by atoms with Crippen molar-refractivity contribution in [3.05, 3.63) is 31.9 Å². The van der Waals surface area contributed by atoms with Crippen LogP contribution in [0.4, 0.5) is 0 Å². The van der Waals surface area contributed by atoms with E-state index >= 15 is 0 Å². The molecule has 0 atom stereocenters. The number of halogens is 2. The van der Waals surface area contributed by atoms with E-state index in [1.165, 1.54) is 0 Å². The van der Waals surface area contributed by atoms with Crippen molar-refractivity contribution in [3.63, 3.8) is 0 Å². The highest BCUT2D eigenvalue weighted by atomic mass is 127.